The Kier molecular flexibility index (Phi) is 9.43. The first kappa shape index (κ1) is 24.4. The Morgan fingerprint density at radius 3 is 2.43 bits per heavy atom. The Hall–Kier alpha value is -1.61. The third-order valence-electron chi connectivity index (χ3n) is 3.58. The van der Waals surface area contributed by atoms with E-state index >= 15 is 0 Å². The summed E-state index contributed by atoms with van der Waals surface area (Å²) in [6.45, 7) is 1.76. The number of hydrogen-bond donors (Lipinski definition) is 1. The maximum absolute atomic E-state index is 11.9. The maximum Gasteiger partial charge on any atom is 0.425 e. The average Bonchev–Trinajstić information content (AvgIpc) is 3.28. The summed E-state index contributed by atoms with van der Waals surface area (Å²) in [5.74, 6) is 0.276. The molecule has 1 aliphatic rings. The standard InChI is InChI=1S/C12H10Cl2O3.C5H3F3S.CH4O/c1-6-4-7-5-8(17-3-2-15)10(13)11(14)9(7)12(6)16;6-5(7,8)4-2-1-3-9-4;1-2/h2,5-6H,3-4H2,1H3;1-3H;2H,1H3. The van der Waals surface area contributed by atoms with Gasteiger partial charge in [0.1, 0.15) is 22.3 Å². The Balaban J connectivity index is 0.000000301. The maximum atomic E-state index is 11.9. The second-order valence-electron chi connectivity index (χ2n) is 5.46. The number of carbonyl (C=O) groups excluding carboxylic acids is 2. The number of alkyl halides is 3. The van der Waals surface area contributed by atoms with Crippen LogP contribution in [0.3, 0.4) is 0 Å². The van der Waals surface area contributed by atoms with Gasteiger partial charge in [0.05, 0.1) is 5.02 Å². The smallest absolute Gasteiger partial charge is 0.425 e. The molecule has 1 aromatic heterocycles. The molecule has 0 saturated carbocycles. The SMILES string of the molecule is CC1Cc2cc(OCC=O)c(Cl)c(Cl)c2C1=O.CO.FC(F)(F)c1cccs1. The van der Waals surface area contributed by atoms with E-state index in [9.17, 15) is 22.8 Å². The molecular weight excluding hydrogens is 440 g/mol. The van der Waals surface area contributed by atoms with Crippen molar-refractivity contribution >= 4 is 46.6 Å². The summed E-state index contributed by atoms with van der Waals surface area (Å²) in [6, 6.07) is 4.13. The van der Waals surface area contributed by atoms with Gasteiger partial charge >= 0.3 is 6.18 Å². The number of aliphatic hydroxyl groups excluding tert-OH is 1. The monoisotopic (exact) mass is 456 g/mol. The molecule has 1 atom stereocenters. The predicted molar refractivity (Wildman–Crippen MR) is 103 cm³/mol. The Labute approximate surface area is 173 Å². The van der Waals surface area contributed by atoms with Gasteiger partial charge in [-0.15, -0.1) is 11.3 Å². The minimum Gasteiger partial charge on any atom is -0.485 e. The molecule has 28 heavy (non-hydrogen) atoms. The van der Waals surface area contributed by atoms with E-state index in [1.807, 2.05) is 6.92 Å². The fraction of sp³-hybridized carbons (Fsp3) is 0.333. The summed E-state index contributed by atoms with van der Waals surface area (Å²) in [5, 5.41) is 8.82. The number of Topliss-reactive ketones (excluding diaryl/α,β-unsaturated/α-hetero) is 1. The van der Waals surface area contributed by atoms with E-state index in [1.165, 1.54) is 11.4 Å². The number of thiophene rings is 1. The number of aliphatic hydroxyl groups is 1. The van der Waals surface area contributed by atoms with Crippen molar-refractivity contribution in [1.29, 1.82) is 0 Å². The fourth-order valence-corrected chi connectivity index (χ4v) is 3.52. The number of carbonyl (C=O) groups is 2. The van der Waals surface area contributed by atoms with Crippen molar-refractivity contribution in [2.75, 3.05) is 13.7 Å². The van der Waals surface area contributed by atoms with Crippen LogP contribution in [0.2, 0.25) is 10.0 Å². The summed E-state index contributed by atoms with van der Waals surface area (Å²) in [7, 11) is 1.00. The van der Waals surface area contributed by atoms with Gasteiger partial charge < -0.3 is 9.84 Å². The molecule has 1 N–H and O–H groups in total. The third kappa shape index (κ3) is 5.94. The summed E-state index contributed by atoms with van der Waals surface area (Å²) in [5.41, 5.74) is 1.32. The van der Waals surface area contributed by atoms with Gasteiger partial charge in [0.2, 0.25) is 0 Å². The highest BCUT2D eigenvalue weighted by Gasteiger charge is 2.32. The van der Waals surface area contributed by atoms with Crippen LogP contribution in [0, 0.1) is 5.92 Å². The lowest BCUT2D eigenvalue weighted by Gasteiger charge is -2.09. The molecule has 0 bridgehead atoms. The van der Waals surface area contributed by atoms with Crippen molar-refractivity contribution < 1.29 is 32.6 Å². The van der Waals surface area contributed by atoms with Gasteiger partial charge in [-0.2, -0.15) is 13.2 Å². The molecule has 0 spiro atoms. The molecule has 3 rings (SSSR count). The Morgan fingerprint density at radius 1 is 1.32 bits per heavy atom. The predicted octanol–water partition coefficient (Wildman–Crippen LogP) is 5.32. The molecule has 154 valence electrons. The number of rotatable bonds is 3. The van der Waals surface area contributed by atoms with E-state index in [1.54, 1.807) is 6.07 Å². The lowest BCUT2D eigenvalue weighted by atomic mass is 10.1. The number of ketones is 1. The molecule has 10 heteroatoms. The van der Waals surface area contributed by atoms with Crippen LogP contribution in [0.1, 0.15) is 27.7 Å². The second kappa shape index (κ2) is 10.8. The second-order valence-corrected chi connectivity index (χ2v) is 7.16. The van der Waals surface area contributed by atoms with Crippen LogP contribution in [-0.4, -0.2) is 30.9 Å². The van der Waals surface area contributed by atoms with Crippen molar-refractivity contribution in [3.8, 4) is 5.75 Å². The van der Waals surface area contributed by atoms with E-state index in [-0.39, 0.29) is 28.4 Å². The molecule has 0 radical (unpaired) electrons. The largest absolute Gasteiger partial charge is 0.485 e. The Morgan fingerprint density at radius 2 is 1.96 bits per heavy atom. The zero-order valence-corrected chi connectivity index (χ0v) is 17.2. The molecular formula is C18H17Cl2F3O4S. The molecule has 1 unspecified atom stereocenters. The lowest BCUT2D eigenvalue weighted by Crippen LogP contribution is -2.04. The normalized spacial score (nSPS) is 15.0. The van der Waals surface area contributed by atoms with Gasteiger partial charge in [-0.1, -0.05) is 36.2 Å². The molecule has 4 nitrogen and oxygen atoms in total. The quantitative estimate of drug-likeness (QED) is 0.634. The number of benzene rings is 1. The number of fused-ring (bicyclic) bond motifs is 1. The van der Waals surface area contributed by atoms with E-state index in [0.29, 0.717) is 35.4 Å². The zero-order valence-electron chi connectivity index (χ0n) is 14.8. The van der Waals surface area contributed by atoms with Gasteiger partial charge in [0.25, 0.3) is 0 Å². The van der Waals surface area contributed by atoms with E-state index in [0.717, 1.165) is 18.7 Å². The number of hydrogen-bond acceptors (Lipinski definition) is 5. The minimum atomic E-state index is -4.16. The molecule has 0 aliphatic heterocycles. The van der Waals surface area contributed by atoms with Crippen molar-refractivity contribution in [3.63, 3.8) is 0 Å². The summed E-state index contributed by atoms with van der Waals surface area (Å²) in [6.07, 6.45) is -2.90. The van der Waals surface area contributed by atoms with Crippen LogP contribution in [0.4, 0.5) is 13.2 Å². The molecule has 0 saturated heterocycles. The van der Waals surface area contributed by atoms with Crippen LogP contribution in [0.25, 0.3) is 0 Å². The summed E-state index contributed by atoms with van der Waals surface area (Å²) >= 11 is 12.8. The average molecular weight is 457 g/mol. The van der Waals surface area contributed by atoms with Crippen molar-refractivity contribution in [3.05, 3.63) is 49.6 Å². The first-order valence-corrected chi connectivity index (χ1v) is 9.47. The molecule has 1 heterocycles. The summed E-state index contributed by atoms with van der Waals surface area (Å²) in [4.78, 5) is 21.6. The number of halogens is 5. The van der Waals surface area contributed by atoms with Crippen LogP contribution >= 0.6 is 34.5 Å². The molecule has 2 aromatic rings. The van der Waals surface area contributed by atoms with Gasteiger partial charge in [0.15, 0.2) is 12.1 Å². The molecule has 0 fully saturated rings. The fourth-order valence-electron chi connectivity index (χ4n) is 2.42. The van der Waals surface area contributed by atoms with Crippen LogP contribution in [0.15, 0.2) is 23.6 Å². The number of ether oxygens (including phenoxy) is 1. The van der Waals surface area contributed by atoms with Crippen molar-refractivity contribution in [1.82, 2.24) is 0 Å². The lowest BCUT2D eigenvalue weighted by molar-refractivity contribution is -0.134. The summed E-state index contributed by atoms with van der Waals surface area (Å²) < 4.78 is 40.1. The van der Waals surface area contributed by atoms with Gasteiger partial charge in [0, 0.05) is 18.6 Å². The highest BCUT2D eigenvalue weighted by Crippen LogP contribution is 2.42. The van der Waals surface area contributed by atoms with E-state index in [4.69, 9.17) is 33.0 Å². The molecule has 0 amide bonds. The minimum absolute atomic E-state index is 0.00818. The van der Waals surface area contributed by atoms with E-state index in [2.05, 4.69) is 0 Å². The molecule has 1 aromatic carbocycles. The van der Waals surface area contributed by atoms with Crippen molar-refractivity contribution in [2.45, 2.75) is 19.5 Å². The van der Waals surface area contributed by atoms with Crippen LogP contribution in [-0.2, 0) is 17.4 Å². The topological polar surface area (TPSA) is 63.6 Å². The van der Waals surface area contributed by atoms with Crippen molar-refractivity contribution in [2.24, 2.45) is 5.92 Å². The third-order valence-corrected chi connectivity index (χ3v) is 5.35. The van der Waals surface area contributed by atoms with E-state index < -0.39 is 11.1 Å². The van der Waals surface area contributed by atoms with Gasteiger partial charge in [-0.3, -0.25) is 9.59 Å². The van der Waals surface area contributed by atoms with Crippen LogP contribution < -0.4 is 4.74 Å². The number of aldehydes is 1. The van der Waals surface area contributed by atoms with Gasteiger partial charge in [-0.25, -0.2) is 0 Å². The zero-order chi connectivity index (χ0) is 21.5. The van der Waals surface area contributed by atoms with Crippen LogP contribution in [0.5, 0.6) is 5.75 Å². The Bertz CT molecular complexity index is 808. The first-order chi connectivity index (χ1) is 13.2. The van der Waals surface area contributed by atoms with Gasteiger partial charge in [-0.05, 0) is 29.5 Å². The molecule has 1 aliphatic carbocycles. The highest BCUT2D eigenvalue weighted by atomic mass is 35.5. The first-order valence-electron chi connectivity index (χ1n) is 7.83. The highest BCUT2D eigenvalue weighted by molar-refractivity contribution is 7.10.